The molecule has 2 aromatic carbocycles. The molecule has 1 aliphatic heterocycles. The SMILES string of the molecule is COc1cc(/C=c2\sc3n(c2=O)[C@H](c2ccc(SC)cc2)C(C(=O)OC(C)C)=C(C)N=3)cc(I)c1O. The van der Waals surface area contributed by atoms with Crippen molar-refractivity contribution in [3.8, 4) is 11.5 Å². The number of thioether (sulfide) groups is 1. The molecule has 1 aliphatic rings. The molecule has 0 saturated carbocycles. The number of methoxy groups -OCH3 is 1. The van der Waals surface area contributed by atoms with E-state index < -0.39 is 12.0 Å². The van der Waals surface area contributed by atoms with Gasteiger partial charge in [0.1, 0.15) is 0 Å². The Morgan fingerprint density at radius 1 is 1.28 bits per heavy atom. The van der Waals surface area contributed by atoms with Crippen LogP contribution in [-0.2, 0) is 9.53 Å². The Bertz CT molecular complexity index is 1540. The average molecular weight is 637 g/mol. The Morgan fingerprint density at radius 3 is 2.58 bits per heavy atom. The van der Waals surface area contributed by atoms with Gasteiger partial charge in [0, 0.05) is 4.90 Å². The molecule has 4 rings (SSSR count). The summed E-state index contributed by atoms with van der Waals surface area (Å²) in [6.45, 7) is 5.35. The highest BCUT2D eigenvalue weighted by atomic mass is 127. The minimum absolute atomic E-state index is 0.0503. The molecule has 0 radical (unpaired) electrons. The van der Waals surface area contributed by atoms with E-state index in [4.69, 9.17) is 9.47 Å². The van der Waals surface area contributed by atoms with Crippen molar-refractivity contribution in [2.75, 3.05) is 13.4 Å². The number of hydrogen-bond acceptors (Lipinski definition) is 8. The van der Waals surface area contributed by atoms with Gasteiger partial charge < -0.3 is 14.6 Å². The Kier molecular flexibility index (Phi) is 7.96. The number of phenolic OH excluding ortho intramolecular Hbond substituents is 1. The summed E-state index contributed by atoms with van der Waals surface area (Å²) in [6, 6.07) is 10.6. The van der Waals surface area contributed by atoms with E-state index >= 15 is 0 Å². The number of carbonyl (C=O) groups is 1. The van der Waals surface area contributed by atoms with E-state index in [0.717, 1.165) is 10.5 Å². The second kappa shape index (κ2) is 10.8. The Labute approximate surface area is 230 Å². The number of aromatic hydroxyl groups is 1. The highest BCUT2D eigenvalue weighted by Crippen LogP contribution is 2.33. The standard InChI is InChI=1S/C26H25IN2O5S2/c1-13(2)34-25(32)21-14(3)28-26-29(22(21)16-6-8-17(35-5)9-7-16)24(31)20(36-26)12-15-10-18(27)23(30)19(11-15)33-4/h6-13,22,30H,1-5H3/b20-12-/t22-/m1/s1. The maximum atomic E-state index is 13.7. The van der Waals surface area contributed by atoms with E-state index in [0.29, 0.717) is 35.5 Å². The molecule has 3 aromatic rings. The molecule has 0 saturated heterocycles. The zero-order valence-electron chi connectivity index (χ0n) is 20.4. The smallest absolute Gasteiger partial charge is 0.338 e. The third kappa shape index (κ3) is 5.12. The molecule has 0 unspecified atom stereocenters. The maximum Gasteiger partial charge on any atom is 0.338 e. The van der Waals surface area contributed by atoms with Crippen LogP contribution in [0.4, 0.5) is 0 Å². The first-order chi connectivity index (χ1) is 17.1. The highest BCUT2D eigenvalue weighted by molar-refractivity contribution is 14.1. The molecule has 1 aromatic heterocycles. The van der Waals surface area contributed by atoms with E-state index in [1.165, 1.54) is 18.4 Å². The third-order valence-corrected chi connectivity index (χ3v) is 8.13. The molecule has 1 atom stereocenters. The number of thiazole rings is 1. The predicted octanol–water partition coefficient (Wildman–Crippen LogP) is 4.23. The minimum Gasteiger partial charge on any atom is -0.504 e. The first-order valence-electron chi connectivity index (χ1n) is 11.1. The second-order valence-corrected chi connectivity index (χ2v) is 11.4. The quantitative estimate of drug-likeness (QED) is 0.248. The van der Waals surface area contributed by atoms with Gasteiger partial charge in [0.15, 0.2) is 16.3 Å². The molecule has 0 bridgehead atoms. The summed E-state index contributed by atoms with van der Waals surface area (Å²) in [5.41, 5.74) is 2.11. The van der Waals surface area contributed by atoms with E-state index in [1.54, 1.807) is 55.3 Å². The molecule has 7 nitrogen and oxygen atoms in total. The number of ether oxygens (including phenoxy) is 2. The van der Waals surface area contributed by atoms with Crippen LogP contribution >= 0.6 is 45.7 Å². The van der Waals surface area contributed by atoms with E-state index in [-0.39, 0.29) is 17.4 Å². The maximum absolute atomic E-state index is 13.7. The summed E-state index contributed by atoms with van der Waals surface area (Å²) in [5.74, 6) is -0.117. The Morgan fingerprint density at radius 2 is 1.97 bits per heavy atom. The monoisotopic (exact) mass is 636 g/mol. The lowest BCUT2D eigenvalue weighted by Crippen LogP contribution is -2.40. The van der Waals surface area contributed by atoms with Crippen LogP contribution in [0.25, 0.3) is 6.08 Å². The van der Waals surface area contributed by atoms with Crippen LogP contribution in [0.3, 0.4) is 0 Å². The number of halogens is 1. The first-order valence-corrected chi connectivity index (χ1v) is 14.2. The number of carbonyl (C=O) groups excluding carboxylic acids is 1. The van der Waals surface area contributed by atoms with Crippen LogP contribution in [0, 0.1) is 3.57 Å². The lowest BCUT2D eigenvalue weighted by atomic mass is 9.96. The van der Waals surface area contributed by atoms with Crippen molar-refractivity contribution in [3.05, 3.63) is 82.1 Å². The van der Waals surface area contributed by atoms with Crippen LogP contribution in [0.2, 0.25) is 0 Å². The van der Waals surface area contributed by atoms with Gasteiger partial charge in [-0.25, -0.2) is 9.79 Å². The van der Waals surface area contributed by atoms with Crippen molar-refractivity contribution in [1.82, 2.24) is 4.57 Å². The van der Waals surface area contributed by atoms with Gasteiger partial charge in [-0.1, -0.05) is 23.5 Å². The Balaban J connectivity index is 1.94. The molecular weight excluding hydrogens is 611 g/mol. The topological polar surface area (TPSA) is 90.1 Å². The molecule has 10 heteroatoms. The normalized spacial score (nSPS) is 15.6. The van der Waals surface area contributed by atoms with Gasteiger partial charge in [-0.05, 0) is 91.1 Å². The van der Waals surface area contributed by atoms with Gasteiger partial charge in [-0.2, -0.15) is 0 Å². The van der Waals surface area contributed by atoms with Crippen molar-refractivity contribution in [1.29, 1.82) is 0 Å². The van der Waals surface area contributed by atoms with E-state index in [1.807, 2.05) is 53.1 Å². The van der Waals surface area contributed by atoms with Crippen LogP contribution < -0.4 is 19.6 Å². The fraction of sp³-hybridized carbons (Fsp3) is 0.269. The van der Waals surface area contributed by atoms with E-state index in [9.17, 15) is 14.7 Å². The summed E-state index contributed by atoms with van der Waals surface area (Å²) in [7, 11) is 1.48. The van der Waals surface area contributed by atoms with Crippen molar-refractivity contribution in [2.24, 2.45) is 4.99 Å². The van der Waals surface area contributed by atoms with Gasteiger partial charge >= 0.3 is 5.97 Å². The van der Waals surface area contributed by atoms with Gasteiger partial charge in [0.05, 0.1) is 38.6 Å². The lowest BCUT2D eigenvalue weighted by molar-refractivity contribution is -0.143. The number of fused-ring (bicyclic) bond motifs is 1. The second-order valence-electron chi connectivity index (χ2n) is 8.36. The van der Waals surface area contributed by atoms with Gasteiger partial charge in [-0.3, -0.25) is 9.36 Å². The van der Waals surface area contributed by atoms with Crippen molar-refractivity contribution in [3.63, 3.8) is 0 Å². The molecule has 188 valence electrons. The van der Waals surface area contributed by atoms with Crippen molar-refractivity contribution < 1.29 is 19.4 Å². The largest absolute Gasteiger partial charge is 0.504 e. The summed E-state index contributed by atoms with van der Waals surface area (Å²) < 4.78 is 13.4. The fourth-order valence-corrected chi connectivity index (χ4v) is 6.03. The summed E-state index contributed by atoms with van der Waals surface area (Å²) in [6.07, 6.45) is 3.43. The third-order valence-electron chi connectivity index (χ3n) is 5.58. The molecule has 0 fully saturated rings. The van der Waals surface area contributed by atoms with Crippen LogP contribution in [0.5, 0.6) is 11.5 Å². The van der Waals surface area contributed by atoms with Crippen molar-refractivity contribution >= 4 is 57.7 Å². The molecule has 36 heavy (non-hydrogen) atoms. The number of allylic oxidation sites excluding steroid dienone is 1. The number of benzene rings is 2. The van der Waals surface area contributed by atoms with Crippen LogP contribution in [-0.4, -0.2) is 35.1 Å². The molecule has 0 amide bonds. The number of nitrogens with zero attached hydrogens (tertiary/aromatic N) is 2. The first kappa shape index (κ1) is 26.5. The number of aromatic nitrogens is 1. The molecular formula is C26H25IN2O5S2. The molecule has 0 spiro atoms. The molecule has 2 heterocycles. The summed E-state index contributed by atoms with van der Waals surface area (Å²) in [4.78, 5) is 33.1. The summed E-state index contributed by atoms with van der Waals surface area (Å²) >= 11 is 4.88. The number of hydrogen-bond donors (Lipinski definition) is 1. The Hall–Kier alpha value is -2.57. The number of rotatable bonds is 6. The van der Waals surface area contributed by atoms with Gasteiger partial charge in [0.2, 0.25) is 0 Å². The summed E-state index contributed by atoms with van der Waals surface area (Å²) in [5, 5.41) is 10.2. The number of esters is 1. The predicted molar refractivity (Wildman–Crippen MR) is 151 cm³/mol. The average Bonchev–Trinajstić information content (AvgIpc) is 3.14. The minimum atomic E-state index is -0.667. The zero-order valence-corrected chi connectivity index (χ0v) is 24.2. The lowest BCUT2D eigenvalue weighted by Gasteiger charge is -2.25. The van der Waals surface area contributed by atoms with E-state index in [2.05, 4.69) is 4.99 Å². The number of phenols is 1. The van der Waals surface area contributed by atoms with Crippen molar-refractivity contribution in [2.45, 2.75) is 37.8 Å². The zero-order chi connectivity index (χ0) is 26.1. The van der Waals surface area contributed by atoms with Gasteiger partial charge in [-0.15, -0.1) is 11.8 Å². The van der Waals surface area contributed by atoms with Gasteiger partial charge in [0.25, 0.3) is 5.56 Å². The van der Waals surface area contributed by atoms with Crippen LogP contribution in [0.1, 0.15) is 37.9 Å². The molecule has 1 N–H and O–H groups in total. The van der Waals surface area contributed by atoms with Crippen LogP contribution in [0.15, 0.2) is 62.4 Å². The molecule has 0 aliphatic carbocycles. The fourth-order valence-electron chi connectivity index (χ4n) is 3.95. The highest BCUT2D eigenvalue weighted by Gasteiger charge is 2.33.